The van der Waals surface area contributed by atoms with Crippen LogP contribution in [-0.2, 0) is 19.6 Å². The Morgan fingerprint density at radius 1 is 1.06 bits per heavy atom. The second-order valence-corrected chi connectivity index (χ2v) is 9.40. The molecule has 3 rings (SSSR count). The van der Waals surface area contributed by atoms with E-state index in [9.17, 15) is 26.4 Å². The van der Waals surface area contributed by atoms with Gasteiger partial charge in [-0.05, 0) is 42.8 Å². The molecule has 1 aliphatic rings. The molecule has 1 saturated heterocycles. The Morgan fingerprint density at radius 3 is 2.32 bits per heavy atom. The molecular formula is C22H26F3N3O5S. The lowest BCUT2D eigenvalue weighted by molar-refractivity contribution is -0.185. The van der Waals surface area contributed by atoms with Crippen LogP contribution in [0.15, 0.2) is 47.4 Å². The van der Waals surface area contributed by atoms with E-state index in [1.807, 2.05) is 13.0 Å². The van der Waals surface area contributed by atoms with E-state index < -0.39 is 22.1 Å². The van der Waals surface area contributed by atoms with Crippen LogP contribution in [0.3, 0.4) is 0 Å². The summed E-state index contributed by atoms with van der Waals surface area (Å²) in [6, 6.07) is 11.1. The van der Waals surface area contributed by atoms with E-state index in [1.165, 1.54) is 25.3 Å². The Kier molecular flexibility index (Phi) is 7.61. The smallest absolute Gasteiger partial charge is 0.471 e. The number of piperazine rings is 1. The Balaban J connectivity index is 1.82. The lowest BCUT2D eigenvalue weighted by atomic mass is 10.1. The zero-order valence-corrected chi connectivity index (χ0v) is 19.7. The van der Waals surface area contributed by atoms with Gasteiger partial charge in [0.25, 0.3) is 10.0 Å². The van der Waals surface area contributed by atoms with E-state index in [-0.39, 0.29) is 37.2 Å². The fourth-order valence-electron chi connectivity index (χ4n) is 3.62. The number of benzene rings is 2. The molecule has 1 atom stereocenters. The minimum Gasteiger partial charge on any atom is -0.495 e. The van der Waals surface area contributed by atoms with E-state index in [0.717, 1.165) is 10.5 Å². The summed E-state index contributed by atoms with van der Waals surface area (Å²) in [6.45, 7) is 1.71. The molecule has 0 radical (unpaired) electrons. The molecule has 1 N–H and O–H groups in total. The van der Waals surface area contributed by atoms with Crippen molar-refractivity contribution in [1.82, 2.24) is 4.90 Å². The van der Waals surface area contributed by atoms with Gasteiger partial charge in [0.2, 0.25) is 0 Å². The first-order valence-corrected chi connectivity index (χ1v) is 11.9. The maximum absolute atomic E-state index is 13.1. The first kappa shape index (κ1) is 25.6. The summed E-state index contributed by atoms with van der Waals surface area (Å²) in [5.74, 6) is -1.52. The minimum atomic E-state index is -4.93. The molecule has 2 aromatic carbocycles. The van der Waals surface area contributed by atoms with Crippen molar-refractivity contribution in [3.8, 4) is 5.75 Å². The van der Waals surface area contributed by atoms with Gasteiger partial charge in [-0.3, -0.25) is 9.52 Å². The van der Waals surface area contributed by atoms with E-state index in [4.69, 9.17) is 9.47 Å². The number of nitrogens with one attached hydrogen (secondary N) is 1. The molecule has 2 aromatic rings. The SMILES string of the molecule is COc1ccc(S(=O)(=O)Nc2cccc(C(C)OC)c2)cc1N1CCN(C(=O)C(F)(F)F)CC1. The van der Waals surface area contributed by atoms with Gasteiger partial charge in [-0.15, -0.1) is 0 Å². The Morgan fingerprint density at radius 2 is 1.74 bits per heavy atom. The molecule has 0 bridgehead atoms. The Labute approximate surface area is 196 Å². The first-order valence-electron chi connectivity index (χ1n) is 10.4. The third-order valence-corrected chi connectivity index (χ3v) is 6.95. The number of ether oxygens (including phenoxy) is 2. The average molecular weight is 502 g/mol. The number of nitrogens with zero attached hydrogens (tertiary/aromatic N) is 2. The third kappa shape index (κ3) is 5.73. The van der Waals surface area contributed by atoms with Gasteiger partial charge >= 0.3 is 12.1 Å². The van der Waals surface area contributed by atoms with Gasteiger partial charge in [0.15, 0.2) is 0 Å². The van der Waals surface area contributed by atoms with Gasteiger partial charge in [-0.2, -0.15) is 13.2 Å². The predicted molar refractivity (Wildman–Crippen MR) is 121 cm³/mol. The van der Waals surface area contributed by atoms with Crippen LogP contribution < -0.4 is 14.4 Å². The molecule has 1 heterocycles. The molecule has 186 valence electrons. The van der Waals surface area contributed by atoms with Gasteiger partial charge in [-0.1, -0.05) is 12.1 Å². The van der Waals surface area contributed by atoms with Crippen LogP contribution in [0.1, 0.15) is 18.6 Å². The fraction of sp³-hybridized carbons (Fsp3) is 0.409. The summed E-state index contributed by atoms with van der Waals surface area (Å²) in [7, 11) is -1.01. The minimum absolute atomic E-state index is 0.0395. The highest BCUT2D eigenvalue weighted by Crippen LogP contribution is 2.33. The van der Waals surface area contributed by atoms with Gasteiger partial charge < -0.3 is 19.3 Å². The summed E-state index contributed by atoms with van der Waals surface area (Å²) in [4.78, 5) is 13.9. The quantitative estimate of drug-likeness (QED) is 0.626. The monoisotopic (exact) mass is 501 g/mol. The van der Waals surface area contributed by atoms with Crippen molar-refractivity contribution in [2.45, 2.75) is 24.1 Å². The molecule has 12 heteroatoms. The van der Waals surface area contributed by atoms with Crippen LogP contribution >= 0.6 is 0 Å². The lowest BCUT2D eigenvalue weighted by Gasteiger charge is -2.36. The summed E-state index contributed by atoms with van der Waals surface area (Å²) in [5.41, 5.74) is 1.56. The van der Waals surface area contributed by atoms with Gasteiger partial charge in [-0.25, -0.2) is 8.42 Å². The largest absolute Gasteiger partial charge is 0.495 e. The molecule has 34 heavy (non-hydrogen) atoms. The Hall–Kier alpha value is -2.99. The van der Waals surface area contributed by atoms with Crippen LogP contribution in [0.4, 0.5) is 24.5 Å². The van der Waals surface area contributed by atoms with Gasteiger partial charge in [0, 0.05) is 39.0 Å². The number of halogens is 3. The number of sulfonamides is 1. The number of rotatable bonds is 7. The maximum atomic E-state index is 13.1. The molecule has 0 aromatic heterocycles. The number of alkyl halides is 3. The van der Waals surface area contributed by atoms with Gasteiger partial charge in [0.05, 0.1) is 23.8 Å². The Bertz CT molecular complexity index is 1130. The molecule has 1 amide bonds. The summed E-state index contributed by atoms with van der Waals surface area (Å²) in [6.07, 6.45) is -5.15. The second-order valence-electron chi connectivity index (χ2n) is 7.72. The number of carbonyl (C=O) groups is 1. The first-order chi connectivity index (χ1) is 16.0. The summed E-state index contributed by atoms with van der Waals surface area (Å²) in [5, 5.41) is 0. The van der Waals surface area contributed by atoms with Crippen molar-refractivity contribution in [2.75, 3.05) is 50.0 Å². The zero-order valence-electron chi connectivity index (χ0n) is 18.9. The van der Waals surface area contributed by atoms with Crippen molar-refractivity contribution in [3.05, 3.63) is 48.0 Å². The number of hydrogen-bond donors (Lipinski definition) is 1. The lowest BCUT2D eigenvalue weighted by Crippen LogP contribution is -2.52. The van der Waals surface area contributed by atoms with E-state index in [2.05, 4.69) is 4.72 Å². The highest BCUT2D eigenvalue weighted by Gasteiger charge is 2.43. The molecular weight excluding hydrogens is 475 g/mol. The van der Waals surface area contributed by atoms with Crippen molar-refractivity contribution in [2.24, 2.45) is 0 Å². The standard InChI is InChI=1S/C22H26F3N3O5S/c1-15(32-2)16-5-4-6-17(13-16)26-34(30,31)18-7-8-20(33-3)19(14-18)27-9-11-28(12-10-27)21(29)22(23,24)25/h4-8,13-15,26H,9-12H2,1-3H3. The summed E-state index contributed by atoms with van der Waals surface area (Å²) >= 11 is 0. The van der Waals surface area contributed by atoms with Crippen LogP contribution in [-0.4, -0.2) is 65.8 Å². The third-order valence-electron chi connectivity index (χ3n) is 5.57. The molecule has 0 spiro atoms. The molecule has 1 aliphatic heterocycles. The zero-order chi connectivity index (χ0) is 25.1. The second kappa shape index (κ2) is 10.1. The number of methoxy groups -OCH3 is 2. The molecule has 8 nitrogen and oxygen atoms in total. The number of carbonyl (C=O) groups excluding carboxylic acids is 1. The van der Waals surface area contributed by atoms with Crippen molar-refractivity contribution < 1.29 is 35.9 Å². The highest BCUT2D eigenvalue weighted by molar-refractivity contribution is 7.92. The van der Waals surface area contributed by atoms with Crippen LogP contribution in [0, 0.1) is 0 Å². The maximum Gasteiger partial charge on any atom is 0.471 e. The average Bonchev–Trinajstić information content (AvgIpc) is 2.82. The molecule has 1 unspecified atom stereocenters. The fourth-order valence-corrected chi connectivity index (χ4v) is 4.69. The van der Waals surface area contributed by atoms with Crippen LogP contribution in [0.25, 0.3) is 0 Å². The molecule has 1 fully saturated rings. The van der Waals surface area contributed by atoms with E-state index in [1.54, 1.807) is 30.2 Å². The molecule has 0 aliphatic carbocycles. The predicted octanol–water partition coefficient (Wildman–Crippen LogP) is 3.41. The van der Waals surface area contributed by atoms with Crippen LogP contribution in [0.5, 0.6) is 5.75 Å². The normalized spacial score (nSPS) is 15.7. The van der Waals surface area contributed by atoms with Gasteiger partial charge in [0.1, 0.15) is 5.75 Å². The van der Waals surface area contributed by atoms with E-state index in [0.29, 0.717) is 17.1 Å². The number of anilines is 2. The van der Waals surface area contributed by atoms with Crippen molar-refractivity contribution >= 4 is 27.3 Å². The number of hydrogen-bond acceptors (Lipinski definition) is 6. The summed E-state index contributed by atoms with van der Waals surface area (Å²) < 4.78 is 77.4. The van der Waals surface area contributed by atoms with Crippen molar-refractivity contribution in [1.29, 1.82) is 0 Å². The van der Waals surface area contributed by atoms with Crippen molar-refractivity contribution in [3.63, 3.8) is 0 Å². The number of amides is 1. The topological polar surface area (TPSA) is 88.2 Å². The van der Waals surface area contributed by atoms with Crippen LogP contribution in [0.2, 0.25) is 0 Å². The highest BCUT2D eigenvalue weighted by atomic mass is 32.2. The van der Waals surface area contributed by atoms with E-state index >= 15 is 0 Å². The molecule has 0 saturated carbocycles.